The highest BCUT2D eigenvalue weighted by atomic mass is 16.6. The van der Waals surface area contributed by atoms with Crippen LogP contribution in [-0.2, 0) is 9.53 Å². The summed E-state index contributed by atoms with van der Waals surface area (Å²) < 4.78 is 5.02. The molecule has 1 aromatic carbocycles. The minimum absolute atomic E-state index is 0.0379. The lowest BCUT2D eigenvalue weighted by molar-refractivity contribution is -0.384. The van der Waals surface area contributed by atoms with Crippen molar-refractivity contribution in [1.29, 1.82) is 0 Å². The Morgan fingerprint density at radius 1 is 1.29 bits per heavy atom. The molecular formula is C16H21N3O5. The van der Waals surface area contributed by atoms with Crippen molar-refractivity contribution in [3.8, 4) is 0 Å². The van der Waals surface area contributed by atoms with Crippen LogP contribution in [0.5, 0.6) is 0 Å². The van der Waals surface area contributed by atoms with Gasteiger partial charge in [0.15, 0.2) is 0 Å². The molecule has 0 fully saturated rings. The van der Waals surface area contributed by atoms with Crippen LogP contribution in [0, 0.1) is 22.0 Å². The van der Waals surface area contributed by atoms with Crippen LogP contribution in [0.1, 0.15) is 38.1 Å². The van der Waals surface area contributed by atoms with Crippen molar-refractivity contribution in [3.05, 3.63) is 39.9 Å². The fraction of sp³-hybridized carbons (Fsp3) is 0.438. The number of hydrogen-bond donors (Lipinski definition) is 1. The number of rotatable bonds is 7. The molecule has 24 heavy (non-hydrogen) atoms. The molecule has 0 aliphatic heterocycles. The fourth-order valence-corrected chi connectivity index (χ4v) is 2.16. The number of ether oxygens (including phenoxy) is 1. The van der Waals surface area contributed by atoms with Gasteiger partial charge in [-0.2, -0.15) is 5.10 Å². The molecule has 1 atom stereocenters. The Kier molecular flexibility index (Phi) is 7.03. The zero-order valence-corrected chi connectivity index (χ0v) is 14.1. The van der Waals surface area contributed by atoms with E-state index in [0.717, 1.165) is 0 Å². The van der Waals surface area contributed by atoms with Gasteiger partial charge in [0.25, 0.3) is 11.6 Å². The van der Waals surface area contributed by atoms with Crippen LogP contribution < -0.4 is 5.43 Å². The number of nitro benzene ring substituents is 1. The molecule has 8 heteroatoms. The monoisotopic (exact) mass is 335 g/mol. The summed E-state index contributed by atoms with van der Waals surface area (Å²) >= 11 is 0. The molecule has 0 aromatic heterocycles. The number of nitro groups is 1. The van der Waals surface area contributed by atoms with E-state index in [1.807, 2.05) is 13.8 Å². The standard InChI is InChI=1S/C16H21N3O5/c1-5-24-16(21)14(10(2)3)11(4)17-18-15(20)12-6-8-13(9-7-12)19(22)23/h6-10,14H,5H2,1-4H3,(H,18,20)/b17-11-. The second-order valence-electron chi connectivity index (χ2n) is 5.47. The molecule has 1 aromatic rings. The first-order valence-electron chi connectivity index (χ1n) is 7.53. The summed E-state index contributed by atoms with van der Waals surface area (Å²) in [5, 5.41) is 14.6. The summed E-state index contributed by atoms with van der Waals surface area (Å²) in [7, 11) is 0. The topological polar surface area (TPSA) is 111 Å². The fourth-order valence-electron chi connectivity index (χ4n) is 2.16. The van der Waals surface area contributed by atoms with Crippen LogP contribution in [0.15, 0.2) is 29.4 Å². The Morgan fingerprint density at radius 3 is 2.33 bits per heavy atom. The van der Waals surface area contributed by atoms with E-state index in [-0.39, 0.29) is 23.8 Å². The second kappa shape index (κ2) is 8.76. The molecule has 0 aliphatic carbocycles. The molecule has 0 bridgehead atoms. The summed E-state index contributed by atoms with van der Waals surface area (Å²) in [6.45, 7) is 7.35. The Bertz CT molecular complexity index is 638. The number of benzene rings is 1. The summed E-state index contributed by atoms with van der Waals surface area (Å²) in [5.41, 5.74) is 2.91. The first kappa shape index (κ1) is 19.3. The van der Waals surface area contributed by atoms with Crippen molar-refractivity contribution in [3.63, 3.8) is 0 Å². The van der Waals surface area contributed by atoms with Crippen LogP contribution in [0.4, 0.5) is 5.69 Å². The molecule has 1 rings (SSSR count). The van der Waals surface area contributed by atoms with E-state index in [2.05, 4.69) is 10.5 Å². The van der Waals surface area contributed by atoms with Crippen LogP contribution in [0.3, 0.4) is 0 Å². The van der Waals surface area contributed by atoms with E-state index < -0.39 is 22.7 Å². The van der Waals surface area contributed by atoms with Crippen LogP contribution in [-0.4, -0.2) is 29.1 Å². The van der Waals surface area contributed by atoms with E-state index in [0.29, 0.717) is 5.71 Å². The average molecular weight is 335 g/mol. The Balaban J connectivity index is 2.83. The number of hydrogen-bond acceptors (Lipinski definition) is 6. The van der Waals surface area contributed by atoms with Gasteiger partial charge in [0.05, 0.1) is 17.4 Å². The van der Waals surface area contributed by atoms with Crippen LogP contribution in [0.2, 0.25) is 0 Å². The molecule has 0 radical (unpaired) electrons. The molecule has 1 N–H and O–H groups in total. The Labute approximate surface area is 140 Å². The lowest BCUT2D eigenvalue weighted by Gasteiger charge is -2.18. The van der Waals surface area contributed by atoms with Gasteiger partial charge in [0.2, 0.25) is 0 Å². The largest absolute Gasteiger partial charge is 0.465 e. The van der Waals surface area contributed by atoms with Gasteiger partial charge < -0.3 is 4.74 Å². The van der Waals surface area contributed by atoms with Crippen molar-refractivity contribution < 1.29 is 19.2 Å². The van der Waals surface area contributed by atoms with E-state index >= 15 is 0 Å². The quantitative estimate of drug-likeness (QED) is 0.356. The molecule has 130 valence electrons. The number of carbonyl (C=O) groups is 2. The maximum Gasteiger partial charge on any atom is 0.314 e. The number of nitrogens with zero attached hydrogens (tertiary/aromatic N) is 2. The van der Waals surface area contributed by atoms with Gasteiger partial charge in [-0.25, -0.2) is 5.43 Å². The minimum atomic E-state index is -0.554. The zero-order valence-electron chi connectivity index (χ0n) is 14.1. The van der Waals surface area contributed by atoms with E-state index in [9.17, 15) is 19.7 Å². The molecule has 8 nitrogen and oxygen atoms in total. The highest BCUT2D eigenvalue weighted by molar-refractivity contribution is 6.02. The SMILES string of the molecule is CCOC(=O)C(/C(C)=N\NC(=O)c1ccc([N+](=O)[O-])cc1)C(C)C. The van der Waals surface area contributed by atoms with Crippen LogP contribution in [0.25, 0.3) is 0 Å². The Hall–Kier alpha value is -2.77. The molecule has 1 amide bonds. The lowest BCUT2D eigenvalue weighted by Crippen LogP contribution is -2.31. The number of carbonyl (C=O) groups excluding carboxylic acids is 2. The zero-order chi connectivity index (χ0) is 18.3. The maximum atomic E-state index is 12.0. The molecule has 0 saturated carbocycles. The smallest absolute Gasteiger partial charge is 0.314 e. The van der Waals surface area contributed by atoms with Gasteiger partial charge in [-0.05, 0) is 31.9 Å². The molecule has 0 heterocycles. The summed E-state index contributed by atoms with van der Waals surface area (Å²) in [6, 6.07) is 5.15. The summed E-state index contributed by atoms with van der Waals surface area (Å²) in [4.78, 5) is 34.0. The molecule has 0 saturated heterocycles. The van der Waals surface area contributed by atoms with Gasteiger partial charge in [0, 0.05) is 23.4 Å². The average Bonchev–Trinajstić information content (AvgIpc) is 2.52. The number of non-ortho nitro benzene ring substituents is 1. The molecule has 1 unspecified atom stereocenters. The van der Waals surface area contributed by atoms with Gasteiger partial charge in [0.1, 0.15) is 0 Å². The number of hydrazone groups is 1. The van der Waals surface area contributed by atoms with Crippen molar-refractivity contribution >= 4 is 23.3 Å². The minimum Gasteiger partial charge on any atom is -0.465 e. The van der Waals surface area contributed by atoms with E-state index in [4.69, 9.17) is 4.74 Å². The third kappa shape index (κ3) is 5.15. The summed E-state index contributed by atoms with van der Waals surface area (Å²) in [6.07, 6.45) is 0. The van der Waals surface area contributed by atoms with Gasteiger partial charge in [-0.1, -0.05) is 13.8 Å². The highest BCUT2D eigenvalue weighted by Crippen LogP contribution is 2.15. The van der Waals surface area contributed by atoms with Gasteiger partial charge in [-0.15, -0.1) is 0 Å². The third-order valence-corrected chi connectivity index (χ3v) is 3.33. The third-order valence-electron chi connectivity index (χ3n) is 3.33. The van der Waals surface area contributed by atoms with E-state index in [1.54, 1.807) is 13.8 Å². The molecule has 0 spiro atoms. The number of esters is 1. The van der Waals surface area contributed by atoms with Crippen molar-refractivity contribution in [2.24, 2.45) is 16.9 Å². The first-order chi connectivity index (χ1) is 11.3. The summed E-state index contributed by atoms with van der Waals surface area (Å²) in [5.74, 6) is -1.50. The van der Waals surface area contributed by atoms with Gasteiger partial charge >= 0.3 is 5.97 Å². The second-order valence-corrected chi connectivity index (χ2v) is 5.47. The highest BCUT2D eigenvalue weighted by Gasteiger charge is 2.26. The first-order valence-corrected chi connectivity index (χ1v) is 7.53. The predicted octanol–water partition coefficient (Wildman–Crippen LogP) is 2.54. The van der Waals surface area contributed by atoms with Crippen molar-refractivity contribution in [2.75, 3.05) is 6.61 Å². The lowest BCUT2D eigenvalue weighted by atomic mass is 9.92. The van der Waals surface area contributed by atoms with Crippen LogP contribution >= 0.6 is 0 Å². The van der Waals surface area contributed by atoms with Crippen molar-refractivity contribution in [2.45, 2.75) is 27.7 Å². The Morgan fingerprint density at radius 2 is 1.88 bits per heavy atom. The molecule has 0 aliphatic rings. The molecular weight excluding hydrogens is 314 g/mol. The normalized spacial score (nSPS) is 12.6. The van der Waals surface area contributed by atoms with E-state index in [1.165, 1.54) is 24.3 Å². The van der Waals surface area contributed by atoms with Crippen molar-refractivity contribution in [1.82, 2.24) is 5.43 Å². The number of nitrogens with one attached hydrogen (secondary N) is 1. The number of amides is 1. The van der Waals surface area contributed by atoms with Gasteiger partial charge in [-0.3, -0.25) is 19.7 Å². The predicted molar refractivity (Wildman–Crippen MR) is 88.6 cm³/mol. The maximum absolute atomic E-state index is 12.0.